The number of ether oxygens (including phenoxy) is 1. The summed E-state index contributed by atoms with van der Waals surface area (Å²) < 4.78 is 5.05. The minimum atomic E-state index is -1.05. The molecule has 0 amide bonds. The van der Waals surface area contributed by atoms with E-state index in [1.807, 2.05) is 0 Å². The smallest absolute Gasteiger partial charge is 0.314 e. The van der Waals surface area contributed by atoms with Gasteiger partial charge in [-0.05, 0) is 41.5 Å². The van der Waals surface area contributed by atoms with Crippen LogP contribution in [-0.4, -0.2) is 35.1 Å². The van der Waals surface area contributed by atoms with Crippen molar-refractivity contribution in [3.63, 3.8) is 0 Å². The van der Waals surface area contributed by atoms with Gasteiger partial charge in [-0.3, -0.25) is 28.8 Å². The van der Waals surface area contributed by atoms with Crippen LogP contribution in [0.4, 0.5) is 0 Å². The van der Waals surface area contributed by atoms with Gasteiger partial charge in [-0.1, -0.05) is 27.7 Å². The molecule has 0 N–H and O–H groups in total. The lowest BCUT2D eigenvalue weighted by Crippen LogP contribution is -2.34. The molecule has 7 heteroatoms. The summed E-state index contributed by atoms with van der Waals surface area (Å²) in [4.78, 5) is 76.2. The van der Waals surface area contributed by atoms with Crippen LogP contribution in [0.25, 0.3) is 0 Å². The quantitative estimate of drug-likeness (QED) is 0.311. The Morgan fingerprint density at radius 1 is 0.514 bits per heavy atom. The topological polar surface area (TPSA) is 112 Å². The zero-order valence-electron chi connectivity index (χ0n) is 22.3. The molecule has 2 aliphatic carbocycles. The van der Waals surface area contributed by atoms with E-state index in [4.69, 9.17) is 4.74 Å². The Bertz CT molecular complexity index is 1120. The first-order chi connectivity index (χ1) is 15.8. The van der Waals surface area contributed by atoms with Crippen molar-refractivity contribution >= 4 is 35.1 Å². The molecule has 0 aliphatic heterocycles. The van der Waals surface area contributed by atoms with E-state index in [9.17, 15) is 28.8 Å². The maximum absolute atomic E-state index is 12.9. The number of rotatable bonds is 6. The molecule has 0 fully saturated rings. The van der Waals surface area contributed by atoms with E-state index in [1.165, 1.54) is 0 Å². The number of hydrogen-bond donors (Lipinski definition) is 0. The number of Topliss-reactive ketones (excluding diaryl/α,β-unsaturated/α-hetero) is 4. The molecule has 2 aliphatic rings. The summed E-state index contributed by atoms with van der Waals surface area (Å²) >= 11 is 0. The summed E-state index contributed by atoms with van der Waals surface area (Å²) in [5.74, 6) is -2.77. The fourth-order valence-corrected chi connectivity index (χ4v) is 4.91. The fourth-order valence-electron chi connectivity index (χ4n) is 4.91. The van der Waals surface area contributed by atoms with E-state index in [1.54, 1.807) is 69.2 Å². The lowest BCUT2D eigenvalue weighted by Gasteiger charge is -2.32. The largest absolute Gasteiger partial charge is 0.393 e. The number of hydrogen-bond acceptors (Lipinski definition) is 7. The van der Waals surface area contributed by atoms with Crippen molar-refractivity contribution in [2.75, 3.05) is 0 Å². The average molecular weight is 483 g/mol. The van der Waals surface area contributed by atoms with Gasteiger partial charge in [0.2, 0.25) is 0 Å². The Morgan fingerprint density at radius 2 is 0.771 bits per heavy atom. The molecule has 0 aromatic rings. The molecule has 2 rings (SSSR count). The van der Waals surface area contributed by atoms with Crippen LogP contribution in [0, 0.1) is 10.8 Å². The van der Waals surface area contributed by atoms with Crippen LogP contribution in [-0.2, 0) is 33.5 Å². The normalized spacial score (nSPS) is 18.2. The minimum absolute atomic E-state index is 0.236. The van der Waals surface area contributed by atoms with E-state index in [-0.39, 0.29) is 58.3 Å². The molecule has 35 heavy (non-hydrogen) atoms. The molecule has 0 spiro atoms. The fraction of sp³-hybridized carbons (Fsp3) is 0.500. The highest BCUT2D eigenvalue weighted by Gasteiger charge is 2.41. The Morgan fingerprint density at radius 3 is 1.06 bits per heavy atom. The highest BCUT2D eigenvalue weighted by atomic mass is 16.6. The van der Waals surface area contributed by atoms with Crippen molar-refractivity contribution in [2.45, 2.75) is 82.1 Å². The van der Waals surface area contributed by atoms with E-state index in [0.29, 0.717) is 22.3 Å². The molecule has 0 radical (unpaired) electrons. The predicted octanol–water partition coefficient (Wildman–Crippen LogP) is 4.50. The highest BCUT2D eigenvalue weighted by molar-refractivity contribution is 6.26. The number of carbonyl (C=O) groups is 6. The second-order valence-electron chi connectivity index (χ2n) is 10.8. The third-order valence-electron chi connectivity index (χ3n) is 7.13. The van der Waals surface area contributed by atoms with Gasteiger partial charge < -0.3 is 4.74 Å². The van der Waals surface area contributed by atoms with Crippen molar-refractivity contribution in [2.24, 2.45) is 10.8 Å². The lowest BCUT2D eigenvalue weighted by molar-refractivity contribution is -0.161. The monoisotopic (exact) mass is 482 g/mol. The van der Waals surface area contributed by atoms with E-state index in [2.05, 4.69) is 0 Å². The summed E-state index contributed by atoms with van der Waals surface area (Å²) in [7, 11) is 0. The average Bonchev–Trinajstić information content (AvgIpc) is 2.72. The maximum atomic E-state index is 12.9. The van der Waals surface area contributed by atoms with E-state index in [0.717, 1.165) is 0 Å². The molecule has 0 saturated carbocycles. The van der Waals surface area contributed by atoms with Gasteiger partial charge in [0.15, 0.2) is 23.1 Å². The van der Waals surface area contributed by atoms with E-state index < -0.39 is 22.8 Å². The SMILES string of the molecule is CC1=C(C)C(=O)C(C(C)(C)CC(=O)OC(=O)CC(C)(C)C2=C(C)C(=O)C(C)=C(C)C2=O)=C(C)C1=O. The van der Waals surface area contributed by atoms with Crippen LogP contribution in [0.15, 0.2) is 44.6 Å². The molecule has 0 aromatic heterocycles. The highest BCUT2D eigenvalue weighted by Crippen LogP contribution is 2.41. The Kier molecular flexibility index (Phi) is 7.56. The molecule has 0 heterocycles. The number of allylic oxidation sites excluding steroid dienone is 8. The molecule has 0 aromatic carbocycles. The zero-order chi connectivity index (χ0) is 27.2. The number of esters is 2. The third kappa shape index (κ3) is 5.09. The Labute approximate surface area is 206 Å². The minimum Gasteiger partial charge on any atom is -0.393 e. The van der Waals surface area contributed by atoms with Gasteiger partial charge in [0.25, 0.3) is 0 Å². The number of carbonyl (C=O) groups excluding carboxylic acids is 6. The van der Waals surface area contributed by atoms with E-state index >= 15 is 0 Å². The molecular weight excluding hydrogens is 448 g/mol. The summed E-state index contributed by atoms with van der Waals surface area (Å²) in [5, 5.41) is 0. The first-order valence-corrected chi connectivity index (χ1v) is 11.5. The second-order valence-corrected chi connectivity index (χ2v) is 10.8. The van der Waals surface area contributed by atoms with Crippen molar-refractivity contribution in [1.82, 2.24) is 0 Å². The van der Waals surface area contributed by atoms with Crippen LogP contribution in [0.1, 0.15) is 82.1 Å². The van der Waals surface area contributed by atoms with Crippen LogP contribution in [0.3, 0.4) is 0 Å². The zero-order valence-corrected chi connectivity index (χ0v) is 22.3. The predicted molar refractivity (Wildman–Crippen MR) is 130 cm³/mol. The molecule has 7 nitrogen and oxygen atoms in total. The van der Waals surface area contributed by atoms with Gasteiger partial charge in [-0.2, -0.15) is 0 Å². The van der Waals surface area contributed by atoms with Crippen LogP contribution in [0.2, 0.25) is 0 Å². The molecule has 188 valence electrons. The first kappa shape index (κ1) is 28.0. The second kappa shape index (κ2) is 9.44. The Balaban J connectivity index is 2.19. The van der Waals surface area contributed by atoms with Gasteiger partial charge in [0.05, 0.1) is 12.8 Å². The van der Waals surface area contributed by atoms with Gasteiger partial charge in [-0.15, -0.1) is 0 Å². The molecule has 0 atom stereocenters. The summed E-state index contributed by atoms with van der Waals surface area (Å²) in [5.41, 5.74) is 0.385. The van der Waals surface area contributed by atoms with Crippen molar-refractivity contribution in [3.05, 3.63) is 44.6 Å². The van der Waals surface area contributed by atoms with Gasteiger partial charge in [-0.25, -0.2) is 0 Å². The van der Waals surface area contributed by atoms with Crippen molar-refractivity contribution in [3.8, 4) is 0 Å². The molecular formula is C28H34O7. The van der Waals surface area contributed by atoms with Crippen LogP contribution < -0.4 is 0 Å². The Hall–Kier alpha value is -3.22. The maximum Gasteiger partial charge on any atom is 0.314 e. The van der Waals surface area contributed by atoms with Crippen LogP contribution >= 0.6 is 0 Å². The molecule has 0 unspecified atom stereocenters. The summed E-state index contributed by atoms with van der Waals surface area (Å²) in [6, 6.07) is 0. The lowest BCUT2D eigenvalue weighted by atomic mass is 9.71. The van der Waals surface area contributed by atoms with Gasteiger partial charge in [0.1, 0.15) is 0 Å². The van der Waals surface area contributed by atoms with Crippen LogP contribution in [0.5, 0.6) is 0 Å². The summed E-state index contributed by atoms with van der Waals surface area (Å²) in [6.07, 6.45) is -0.589. The first-order valence-electron chi connectivity index (χ1n) is 11.5. The number of ketones is 4. The standard InChI is InChI=1S/C28H34O7/c1-13-15(3)25(33)21(17(5)23(13)31)27(7,8)11-19(29)35-20(30)12-28(9,10)22-18(6)24(32)14(2)16(4)26(22)34/h11-12H2,1-10H3. The van der Waals surface area contributed by atoms with Gasteiger partial charge >= 0.3 is 11.9 Å². The molecule has 0 bridgehead atoms. The van der Waals surface area contributed by atoms with Crippen molar-refractivity contribution < 1.29 is 33.5 Å². The van der Waals surface area contributed by atoms with Gasteiger partial charge in [0, 0.05) is 55.4 Å². The third-order valence-corrected chi connectivity index (χ3v) is 7.13. The van der Waals surface area contributed by atoms with Crippen molar-refractivity contribution in [1.29, 1.82) is 0 Å². The molecule has 0 saturated heterocycles. The summed E-state index contributed by atoms with van der Waals surface area (Å²) in [6.45, 7) is 16.1.